The van der Waals surface area contributed by atoms with Crippen molar-refractivity contribution in [3.8, 4) is 11.8 Å². The van der Waals surface area contributed by atoms with Crippen molar-refractivity contribution in [1.82, 2.24) is 34.3 Å². The lowest BCUT2D eigenvalue weighted by molar-refractivity contribution is 0.0319. The number of rotatable bonds is 10. The van der Waals surface area contributed by atoms with E-state index >= 15 is 0 Å². The Hall–Kier alpha value is -4.83. The fourth-order valence-corrected chi connectivity index (χ4v) is 6.14. The number of hydrogen-bond donors (Lipinski definition) is 3. The van der Waals surface area contributed by atoms with Crippen LogP contribution in [0.4, 0.5) is 11.4 Å². The number of aromatic nitrogens is 4. The van der Waals surface area contributed by atoms with Gasteiger partial charge < -0.3 is 30.0 Å². The minimum atomic E-state index is 0.109. The molecule has 0 saturated carbocycles. The monoisotopic (exact) mass is 683 g/mol. The predicted octanol–water partition coefficient (Wildman–Crippen LogP) is 2.86. The van der Waals surface area contributed by atoms with Crippen LogP contribution in [0.25, 0.3) is 11.0 Å². The minimum absolute atomic E-state index is 0.109. The maximum absolute atomic E-state index is 8.81. The Kier molecular flexibility index (Phi) is 9.81. The molecule has 0 aliphatic carbocycles. The standard InChI is InChI=1S/C35H45N11O4/c1-22-5-7-28-30(34(41-45(28)24(22)3)49-19-13-43-9-15-47-16-10-43)38-32-26(36)21-27(37)33(40-32)39-31-29-8-6-23(2)25(4)46(29)42-35(31)50-20-14-44-11-17-48-18-12-44/h5-8,21,36H,9-20,37H2,1-4H3,(H,38,39,40). The van der Waals surface area contributed by atoms with Crippen LogP contribution in [0.1, 0.15) is 22.5 Å². The number of nitrogens with two attached hydrogens (primary N) is 1. The summed E-state index contributed by atoms with van der Waals surface area (Å²) in [4.78, 5) is 14.5. The number of aryl methyl sites for hydroxylation is 4. The molecule has 0 radical (unpaired) electrons. The molecule has 4 aromatic rings. The molecule has 15 nitrogen and oxygen atoms in total. The molecular weight excluding hydrogens is 638 g/mol. The van der Waals surface area contributed by atoms with Crippen LogP contribution >= 0.6 is 0 Å². The summed E-state index contributed by atoms with van der Waals surface area (Å²) in [6.45, 7) is 16.8. The number of nitrogens with zero attached hydrogens (tertiary/aromatic N) is 8. The Labute approximate surface area is 290 Å². The van der Waals surface area contributed by atoms with E-state index in [0.29, 0.717) is 47.9 Å². The summed E-state index contributed by atoms with van der Waals surface area (Å²) in [6, 6.07) is 8.03. The molecule has 2 fully saturated rings. The van der Waals surface area contributed by atoms with Gasteiger partial charge in [0.15, 0.2) is 23.0 Å². The summed E-state index contributed by atoms with van der Waals surface area (Å²) in [5.74, 6) is 1.39. The van der Waals surface area contributed by atoms with Crippen LogP contribution in [0.3, 0.4) is 0 Å². The third kappa shape index (κ3) is 6.94. The minimum Gasteiger partial charge on any atom is -0.474 e. The molecule has 0 bridgehead atoms. The zero-order valence-corrected chi connectivity index (χ0v) is 29.2. The van der Waals surface area contributed by atoms with Crippen molar-refractivity contribution in [3.05, 3.63) is 58.6 Å². The number of fused-ring (bicyclic) bond motifs is 2. The van der Waals surface area contributed by atoms with E-state index in [1.807, 2.05) is 61.0 Å². The highest BCUT2D eigenvalue weighted by Crippen LogP contribution is 2.35. The lowest BCUT2D eigenvalue weighted by Crippen LogP contribution is -2.42. The van der Waals surface area contributed by atoms with Gasteiger partial charge in [0.05, 0.1) is 48.9 Å². The Morgan fingerprint density at radius 2 is 1.20 bits per heavy atom. The third-order valence-electron chi connectivity index (χ3n) is 9.50. The molecule has 50 heavy (non-hydrogen) atoms. The fourth-order valence-electron chi connectivity index (χ4n) is 6.14. The van der Waals surface area contributed by atoms with Gasteiger partial charge in [-0.2, -0.15) is 0 Å². The number of aliphatic imine (C=N–C) groups is 2. The van der Waals surface area contributed by atoms with Crippen LogP contribution in [0.2, 0.25) is 0 Å². The van der Waals surface area contributed by atoms with Crippen molar-refractivity contribution in [2.75, 3.05) is 78.9 Å². The Morgan fingerprint density at radius 3 is 1.68 bits per heavy atom. The van der Waals surface area contributed by atoms with Crippen LogP contribution in [0.15, 0.2) is 46.0 Å². The second-order valence-corrected chi connectivity index (χ2v) is 12.8. The summed E-state index contributed by atoms with van der Waals surface area (Å²) in [5.41, 5.74) is 13.6. The highest BCUT2D eigenvalue weighted by Gasteiger charge is 2.25. The van der Waals surface area contributed by atoms with Crippen LogP contribution in [-0.4, -0.2) is 125 Å². The van der Waals surface area contributed by atoms with E-state index in [0.717, 1.165) is 99.2 Å². The van der Waals surface area contributed by atoms with Gasteiger partial charge in [-0.25, -0.2) is 19.0 Å². The molecule has 7 rings (SSSR count). The smallest absolute Gasteiger partial charge is 0.260 e. The first-order valence-electron chi connectivity index (χ1n) is 17.1. The Morgan fingerprint density at radius 1 is 0.740 bits per heavy atom. The summed E-state index contributed by atoms with van der Waals surface area (Å²) >= 11 is 0. The van der Waals surface area contributed by atoms with E-state index < -0.39 is 0 Å². The lowest BCUT2D eigenvalue weighted by atomic mass is 10.2. The summed E-state index contributed by atoms with van der Waals surface area (Å²) in [7, 11) is 0. The average molecular weight is 684 g/mol. The van der Waals surface area contributed by atoms with Crippen LogP contribution < -0.4 is 20.5 Å². The molecule has 0 unspecified atom stereocenters. The molecule has 15 heteroatoms. The molecule has 0 spiro atoms. The molecule has 2 saturated heterocycles. The quantitative estimate of drug-likeness (QED) is 0.226. The van der Waals surface area contributed by atoms with Crippen LogP contribution in [0, 0.1) is 33.1 Å². The SMILES string of the molecule is Cc1ccc2c(N=C3NC(=Nc4c(OCCN5CCOCC5)nn5c(C)c(C)ccc45)C(N)=CC3=N)c(OCCN3CCOCC3)nn2c1C. The number of amidine groups is 2. The Bertz CT molecular complexity index is 2000. The largest absolute Gasteiger partial charge is 0.474 e. The number of nitrogens with one attached hydrogen (secondary N) is 2. The van der Waals surface area contributed by atoms with E-state index in [4.69, 9.17) is 50.3 Å². The van der Waals surface area contributed by atoms with Gasteiger partial charge in [-0.3, -0.25) is 15.2 Å². The zero-order chi connectivity index (χ0) is 34.8. The van der Waals surface area contributed by atoms with E-state index in [1.54, 1.807) is 6.08 Å². The summed E-state index contributed by atoms with van der Waals surface area (Å²) < 4.78 is 27.2. The molecule has 7 heterocycles. The topological polar surface area (TPSA) is 165 Å². The Balaban J connectivity index is 1.21. The van der Waals surface area contributed by atoms with Gasteiger partial charge in [0.2, 0.25) is 0 Å². The third-order valence-corrected chi connectivity index (χ3v) is 9.50. The second kappa shape index (κ2) is 14.6. The molecule has 4 aromatic heterocycles. The average Bonchev–Trinajstić information content (AvgIpc) is 3.65. The maximum Gasteiger partial charge on any atom is 0.260 e. The molecule has 3 aliphatic rings. The number of hydrogen-bond acceptors (Lipinski definition) is 12. The van der Waals surface area contributed by atoms with Gasteiger partial charge in [0, 0.05) is 50.7 Å². The van der Waals surface area contributed by atoms with E-state index in [9.17, 15) is 0 Å². The molecule has 0 aromatic carbocycles. The number of ether oxygens (including phenoxy) is 4. The molecule has 0 atom stereocenters. The first-order valence-corrected chi connectivity index (χ1v) is 17.1. The van der Waals surface area contributed by atoms with Crippen LogP contribution in [0.5, 0.6) is 11.8 Å². The normalized spacial score (nSPS) is 19.4. The van der Waals surface area contributed by atoms with Crippen molar-refractivity contribution in [3.63, 3.8) is 0 Å². The predicted molar refractivity (Wildman–Crippen MR) is 192 cm³/mol. The zero-order valence-electron chi connectivity index (χ0n) is 29.2. The van der Waals surface area contributed by atoms with Crippen LogP contribution in [-0.2, 0) is 9.47 Å². The summed E-state index contributed by atoms with van der Waals surface area (Å²) in [6.07, 6.45) is 1.55. The van der Waals surface area contributed by atoms with E-state index in [1.165, 1.54) is 0 Å². The maximum atomic E-state index is 8.81. The molecule has 4 N–H and O–H groups in total. The van der Waals surface area contributed by atoms with Gasteiger partial charge in [-0.05, 0) is 57.0 Å². The van der Waals surface area contributed by atoms with Gasteiger partial charge >= 0.3 is 0 Å². The van der Waals surface area contributed by atoms with Crippen molar-refractivity contribution in [2.24, 2.45) is 15.7 Å². The molecule has 264 valence electrons. The van der Waals surface area contributed by atoms with Crippen molar-refractivity contribution in [1.29, 1.82) is 5.41 Å². The highest BCUT2D eigenvalue weighted by atomic mass is 16.5. The van der Waals surface area contributed by atoms with Gasteiger partial charge in [-0.15, -0.1) is 10.2 Å². The highest BCUT2D eigenvalue weighted by molar-refractivity contribution is 6.50. The first-order chi connectivity index (χ1) is 24.3. The van der Waals surface area contributed by atoms with Crippen molar-refractivity contribution >= 4 is 39.8 Å². The number of pyridine rings is 2. The number of morpholine rings is 2. The van der Waals surface area contributed by atoms with Gasteiger partial charge in [0.1, 0.15) is 13.2 Å². The van der Waals surface area contributed by atoms with E-state index in [-0.39, 0.29) is 11.5 Å². The van der Waals surface area contributed by atoms with Gasteiger partial charge in [-0.1, -0.05) is 12.1 Å². The van der Waals surface area contributed by atoms with Crippen molar-refractivity contribution in [2.45, 2.75) is 27.7 Å². The molecular formula is C35H45N11O4. The van der Waals surface area contributed by atoms with E-state index in [2.05, 4.69) is 15.1 Å². The van der Waals surface area contributed by atoms with Crippen molar-refractivity contribution < 1.29 is 18.9 Å². The first kappa shape index (κ1) is 33.7. The van der Waals surface area contributed by atoms with Gasteiger partial charge in [0.25, 0.3) is 11.8 Å². The molecule has 3 aliphatic heterocycles. The summed E-state index contributed by atoms with van der Waals surface area (Å²) in [5, 5.41) is 21.7. The fraction of sp³-hybridized carbons (Fsp3) is 0.457. The second-order valence-electron chi connectivity index (χ2n) is 12.8. The molecule has 0 amide bonds. The lowest BCUT2D eigenvalue weighted by Gasteiger charge is -2.26.